The second-order valence-electron chi connectivity index (χ2n) is 1.90. The van der Waals surface area contributed by atoms with Crippen molar-refractivity contribution in [3.63, 3.8) is 0 Å². The van der Waals surface area contributed by atoms with Gasteiger partial charge in [-0.15, -0.1) is 0 Å². The molecule has 1 atom stereocenters. The molecule has 0 rings (SSSR count). The van der Waals surface area contributed by atoms with Crippen LogP contribution in [0.1, 0.15) is 0 Å². The molecule has 0 saturated carbocycles. The first-order chi connectivity index (χ1) is 6.52. The summed E-state index contributed by atoms with van der Waals surface area (Å²) in [7, 11) is 0. The lowest BCUT2D eigenvalue weighted by Gasteiger charge is -2.26. The van der Waals surface area contributed by atoms with Gasteiger partial charge in [-0.2, -0.15) is 30.7 Å². The van der Waals surface area contributed by atoms with Gasteiger partial charge in [-0.3, -0.25) is 4.21 Å². The van der Waals surface area contributed by atoms with Gasteiger partial charge in [0, 0.05) is 11.1 Å². The number of hydrogen-bond donors (Lipinski definition) is 0. The number of halogens is 7. The maximum Gasteiger partial charge on any atom is 0.478 e. The predicted molar refractivity (Wildman–Crippen MR) is 30.2 cm³/mol. The normalized spacial score (nSPS) is 14.7. The minimum atomic E-state index is -5.94. The molecule has 0 aliphatic heterocycles. The zero-order valence-corrected chi connectivity index (χ0v) is 7.10. The molecule has 0 amide bonds. The summed E-state index contributed by atoms with van der Waals surface area (Å²) in [5.74, 6) is 0. The molecule has 1 unspecified atom stereocenters. The topological polar surface area (TPSA) is 49.4 Å². The Hall–Kier alpha value is -0.840. The maximum atomic E-state index is 12.1. The van der Waals surface area contributed by atoms with Crippen LogP contribution in [0.15, 0.2) is 12.1 Å². The molecule has 0 bridgehead atoms. The Morgan fingerprint density at radius 2 is 1.53 bits per heavy atom. The Kier molecular flexibility index (Phi) is 4.10. The number of alkyl halides is 4. The number of ether oxygens (including phenoxy) is 1. The lowest BCUT2D eigenvalue weighted by Crippen LogP contribution is -2.45. The fraction of sp³-hybridized carbons (Fsp3) is 0.500. The Morgan fingerprint density at radius 1 is 1.13 bits per heavy atom. The van der Waals surface area contributed by atoms with Crippen LogP contribution in [0.2, 0.25) is 0 Å². The third-order valence-electron chi connectivity index (χ3n) is 0.915. The summed E-state index contributed by atoms with van der Waals surface area (Å²) in [6, 6.07) is -3.29. The quantitative estimate of drug-likeness (QED) is 0.442. The van der Waals surface area contributed by atoms with Crippen LogP contribution in [0, 0.1) is 0 Å². The highest BCUT2D eigenvalue weighted by Gasteiger charge is 2.62. The van der Waals surface area contributed by atoms with Crippen molar-refractivity contribution in [1.82, 2.24) is 0 Å². The molecule has 0 fully saturated rings. The van der Waals surface area contributed by atoms with E-state index in [1.807, 2.05) is 0 Å². The molecule has 11 heteroatoms. The minimum absolute atomic E-state index is 2.21. The lowest BCUT2D eigenvalue weighted by molar-refractivity contribution is -0.309. The molecular weight excluding hydrogens is 261 g/mol. The van der Waals surface area contributed by atoms with Gasteiger partial charge in [0.15, 0.2) is 0 Å². The second-order valence-corrected chi connectivity index (χ2v) is 2.89. The first kappa shape index (κ1) is 14.2. The number of rotatable bonds is 4. The van der Waals surface area contributed by atoms with Crippen molar-refractivity contribution in [2.45, 2.75) is 11.4 Å². The first-order valence-corrected chi connectivity index (χ1v) is 3.84. The van der Waals surface area contributed by atoms with E-state index in [1.165, 1.54) is 0 Å². The van der Waals surface area contributed by atoms with Crippen LogP contribution in [-0.2, 0) is 15.8 Å². The van der Waals surface area contributed by atoms with E-state index in [-0.39, 0.29) is 0 Å². The van der Waals surface area contributed by atoms with Crippen LogP contribution in [0.3, 0.4) is 0 Å². The largest absolute Gasteiger partial charge is 0.768 e. The van der Waals surface area contributed by atoms with E-state index in [2.05, 4.69) is 4.74 Å². The fourth-order valence-corrected chi connectivity index (χ4v) is 0.543. The molecule has 0 N–H and O–H groups in total. The van der Waals surface area contributed by atoms with Crippen LogP contribution < -0.4 is 0 Å². The van der Waals surface area contributed by atoms with Gasteiger partial charge in [-0.1, -0.05) is 0 Å². The van der Waals surface area contributed by atoms with Crippen molar-refractivity contribution >= 4 is 11.1 Å². The van der Waals surface area contributed by atoms with Gasteiger partial charge in [0.1, 0.15) is 0 Å². The van der Waals surface area contributed by atoms with Crippen LogP contribution in [0.4, 0.5) is 30.7 Å². The summed E-state index contributed by atoms with van der Waals surface area (Å²) in [4.78, 5) is 0. The van der Waals surface area contributed by atoms with E-state index in [0.29, 0.717) is 0 Å². The summed E-state index contributed by atoms with van der Waals surface area (Å²) in [5, 5.41) is -5.83. The molecule has 90 valence electrons. The average molecular weight is 261 g/mol. The Balaban J connectivity index is 5.00. The highest BCUT2D eigenvalue weighted by molar-refractivity contribution is 7.80. The Morgan fingerprint density at radius 3 is 1.80 bits per heavy atom. The van der Waals surface area contributed by atoms with Gasteiger partial charge in [0.2, 0.25) is 0 Å². The summed E-state index contributed by atoms with van der Waals surface area (Å²) >= 11 is -4.67. The van der Waals surface area contributed by atoms with Crippen LogP contribution >= 0.6 is 0 Å². The van der Waals surface area contributed by atoms with Crippen LogP contribution in [-0.4, -0.2) is 20.1 Å². The monoisotopic (exact) mass is 261 g/mol. The molecule has 0 heterocycles. The second kappa shape index (κ2) is 4.35. The molecular formula is C4F7O3S-. The molecule has 3 nitrogen and oxygen atoms in total. The smallest absolute Gasteiger partial charge is 0.478 e. The third kappa shape index (κ3) is 3.06. The zero-order chi connectivity index (χ0) is 12.4. The highest BCUT2D eigenvalue weighted by Crippen LogP contribution is 2.39. The van der Waals surface area contributed by atoms with E-state index in [1.54, 1.807) is 0 Å². The van der Waals surface area contributed by atoms with Gasteiger partial charge >= 0.3 is 23.5 Å². The molecule has 0 aromatic rings. The van der Waals surface area contributed by atoms with Crippen molar-refractivity contribution < 1.29 is 44.2 Å². The van der Waals surface area contributed by atoms with Gasteiger partial charge in [0.25, 0.3) is 0 Å². The third-order valence-corrected chi connectivity index (χ3v) is 1.57. The molecule has 0 aliphatic rings. The molecule has 0 aromatic carbocycles. The summed E-state index contributed by atoms with van der Waals surface area (Å²) < 4.78 is 104. The predicted octanol–water partition coefficient (Wildman–Crippen LogP) is 2.10. The van der Waals surface area contributed by atoms with E-state index in [4.69, 9.17) is 0 Å². The van der Waals surface area contributed by atoms with Crippen LogP contribution in [0.5, 0.6) is 0 Å². The molecule has 15 heavy (non-hydrogen) atoms. The molecule has 0 radical (unpaired) electrons. The van der Waals surface area contributed by atoms with Crippen LogP contribution in [0.25, 0.3) is 0 Å². The zero-order valence-electron chi connectivity index (χ0n) is 6.28. The van der Waals surface area contributed by atoms with Crippen molar-refractivity contribution in [2.24, 2.45) is 0 Å². The van der Waals surface area contributed by atoms with Gasteiger partial charge in [-0.05, 0) is 0 Å². The van der Waals surface area contributed by atoms with E-state index >= 15 is 0 Å². The SMILES string of the molecule is O=S([O-])C(F)(F)C(F)(F)OC(F)=C(F)F. The fourth-order valence-electron chi connectivity index (χ4n) is 0.308. The van der Waals surface area contributed by atoms with E-state index < -0.39 is 34.5 Å². The lowest BCUT2D eigenvalue weighted by atomic mass is 10.6. The molecule has 0 aromatic heterocycles. The van der Waals surface area contributed by atoms with Gasteiger partial charge in [-0.25, -0.2) is 0 Å². The summed E-state index contributed by atoms with van der Waals surface area (Å²) in [6.45, 7) is 0. The Bertz CT molecular complexity index is 297. The van der Waals surface area contributed by atoms with Crippen molar-refractivity contribution in [3.05, 3.63) is 12.1 Å². The van der Waals surface area contributed by atoms with Crippen molar-refractivity contribution in [2.75, 3.05) is 0 Å². The van der Waals surface area contributed by atoms with E-state index in [9.17, 15) is 39.5 Å². The Labute approximate surface area is 79.8 Å². The molecule has 0 saturated heterocycles. The minimum Gasteiger partial charge on any atom is -0.768 e. The van der Waals surface area contributed by atoms with Gasteiger partial charge < -0.3 is 9.29 Å². The average Bonchev–Trinajstić information content (AvgIpc) is 2.02. The van der Waals surface area contributed by atoms with Crippen molar-refractivity contribution in [1.29, 1.82) is 0 Å². The first-order valence-electron chi connectivity index (χ1n) is 2.77. The van der Waals surface area contributed by atoms with Gasteiger partial charge in [0.05, 0.1) is 0 Å². The molecule has 0 spiro atoms. The molecule has 0 aliphatic carbocycles. The summed E-state index contributed by atoms with van der Waals surface area (Å²) in [5.41, 5.74) is 0. The van der Waals surface area contributed by atoms with Crippen molar-refractivity contribution in [3.8, 4) is 0 Å². The maximum absolute atomic E-state index is 12.1. The standard InChI is InChI=1S/C4HF7O3S/c5-1(6)2(7)14-3(8,9)4(10,11)15(12)13/h(H,12,13)/p-1. The highest BCUT2D eigenvalue weighted by atomic mass is 32.2. The summed E-state index contributed by atoms with van der Waals surface area (Å²) in [6.07, 6.45) is -9.37. The van der Waals surface area contributed by atoms with E-state index in [0.717, 1.165) is 0 Å². The number of hydrogen-bond acceptors (Lipinski definition) is 3.